The summed E-state index contributed by atoms with van der Waals surface area (Å²) in [4.78, 5) is 38.5. The molecule has 0 aromatic carbocycles. The predicted octanol–water partition coefficient (Wildman–Crippen LogP) is 2.56. The second-order valence-corrected chi connectivity index (χ2v) is 6.82. The molecule has 0 atom stereocenters. The summed E-state index contributed by atoms with van der Waals surface area (Å²) in [6.45, 7) is 10.9. The fraction of sp³-hybridized carbons (Fsp3) is 0.529. The van der Waals surface area contributed by atoms with Gasteiger partial charge in [-0.25, -0.2) is 9.97 Å². The van der Waals surface area contributed by atoms with Crippen molar-refractivity contribution < 1.29 is 9.59 Å². The minimum atomic E-state index is -0.145. The van der Waals surface area contributed by atoms with E-state index in [1.165, 1.54) is 16.2 Å². The molecule has 0 saturated heterocycles. The summed E-state index contributed by atoms with van der Waals surface area (Å²) >= 11 is 1.37. The van der Waals surface area contributed by atoms with Gasteiger partial charge >= 0.3 is 0 Å². The normalized spacial score (nSPS) is 10.9. The zero-order valence-corrected chi connectivity index (χ0v) is 16.0. The Balaban J connectivity index is 2.29. The van der Waals surface area contributed by atoms with Gasteiger partial charge in [0.25, 0.3) is 5.91 Å². The second kappa shape index (κ2) is 7.25. The fourth-order valence-corrected chi connectivity index (χ4v) is 4.07. The van der Waals surface area contributed by atoms with Gasteiger partial charge in [-0.05, 0) is 40.2 Å². The van der Waals surface area contributed by atoms with Gasteiger partial charge in [0.2, 0.25) is 5.91 Å². The first kappa shape index (κ1) is 18.3. The summed E-state index contributed by atoms with van der Waals surface area (Å²) in [7, 11) is 1.66. The van der Waals surface area contributed by atoms with Crippen LogP contribution < -0.4 is 0 Å². The van der Waals surface area contributed by atoms with Gasteiger partial charge in [0.15, 0.2) is 0 Å². The molecule has 2 heterocycles. The molecular weight excluding hydrogens is 324 g/mol. The van der Waals surface area contributed by atoms with Crippen molar-refractivity contribution in [3.05, 3.63) is 22.0 Å². The zero-order chi connectivity index (χ0) is 18.0. The number of rotatable bonds is 5. The Morgan fingerprint density at radius 3 is 2.29 bits per heavy atom. The zero-order valence-electron chi connectivity index (χ0n) is 15.1. The topological polar surface area (TPSA) is 66.4 Å². The van der Waals surface area contributed by atoms with E-state index in [0.717, 1.165) is 21.5 Å². The Morgan fingerprint density at radius 2 is 1.71 bits per heavy atom. The molecule has 0 aliphatic heterocycles. The van der Waals surface area contributed by atoms with E-state index in [1.54, 1.807) is 11.9 Å². The molecule has 0 radical (unpaired) electrons. The molecular formula is C17H24N4O2S. The molecule has 2 aromatic rings. The third kappa shape index (κ3) is 3.40. The van der Waals surface area contributed by atoms with Crippen molar-refractivity contribution in [1.29, 1.82) is 0 Å². The summed E-state index contributed by atoms with van der Waals surface area (Å²) < 4.78 is 0. The van der Waals surface area contributed by atoms with E-state index in [-0.39, 0.29) is 18.4 Å². The number of nitrogens with zero attached hydrogens (tertiary/aromatic N) is 4. The van der Waals surface area contributed by atoms with Crippen LogP contribution in [0.25, 0.3) is 10.2 Å². The highest BCUT2D eigenvalue weighted by molar-refractivity contribution is 7.20. The molecule has 2 rings (SSSR count). The molecule has 2 amide bonds. The number of aromatic nitrogens is 2. The first-order chi connectivity index (χ1) is 11.3. The maximum absolute atomic E-state index is 12.8. The first-order valence-electron chi connectivity index (χ1n) is 8.07. The number of thiophene rings is 1. The van der Waals surface area contributed by atoms with Gasteiger partial charge in [0.1, 0.15) is 10.7 Å². The molecule has 0 fully saturated rings. The minimum absolute atomic E-state index is 0.0403. The summed E-state index contributed by atoms with van der Waals surface area (Å²) in [5.41, 5.74) is 1.77. The fourth-order valence-electron chi connectivity index (χ4n) is 2.80. The van der Waals surface area contributed by atoms with Crippen LogP contribution in [0, 0.1) is 20.8 Å². The van der Waals surface area contributed by atoms with Crippen LogP contribution in [0.2, 0.25) is 0 Å². The van der Waals surface area contributed by atoms with Crippen molar-refractivity contribution >= 4 is 33.4 Å². The molecule has 0 aliphatic rings. The van der Waals surface area contributed by atoms with Gasteiger partial charge in [-0.15, -0.1) is 11.3 Å². The molecule has 130 valence electrons. The van der Waals surface area contributed by atoms with Crippen molar-refractivity contribution in [2.75, 3.05) is 26.7 Å². The highest BCUT2D eigenvalue weighted by Crippen LogP contribution is 2.31. The highest BCUT2D eigenvalue weighted by atomic mass is 32.1. The first-order valence-corrected chi connectivity index (χ1v) is 8.89. The van der Waals surface area contributed by atoms with Gasteiger partial charge in [-0.1, -0.05) is 0 Å². The quantitative estimate of drug-likeness (QED) is 0.833. The lowest BCUT2D eigenvalue weighted by molar-refractivity contribution is -0.131. The molecule has 0 unspecified atom stereocenters. The van der Waals surface area contributed by atoms with Crippen LogP contribution in [0.5, 0.6) is 0 Å². The molecule has 24 heavy (non-hydrogen) atoms. The molecule has 7 heteroatoms. The number of hydrogen-bond donors (Lipinski definition) is 0. The second-order valence-electron chi connectivity index (χ2n) is 5.82. The maximum Gasteiger partial charge on any atom is 0.264 e. The number of hydrogen-bond acceptors (Lipinski definition) is 5. The standard InChI is InChI=1S/C17H24N4O2S/c1-7-21(8-2)13(22)9-20(6)17(23)15-10(3)14-11(4)18-12(5)19-16(14)24-15/h7-9H2,1-6H3. The van der Waals surface area contributed by atoms with E-state index in [2.05, 4.69) is 9.97 Å². The van der Waals surface area contributed by atoms with Crippen LogP contribution in [0.15, 0.2) is 0 Å². The van der Waals surface area contributed by atoms with Crippen molar-refractivity contribution in [3.63, 3.8) is 0 Å². The smallest absolute Gasteiger partial charge is 0.264 e. The lowest BCUT2D eigenvalue weighted by Gasteiger charge is -2.23. The van der Waals surface area contributed by atoms with E-state index in [0.29, 0.717) is 23.8 Å². The van der Waals surface area contributed by atoms with Crippen molar-refractivity contribution in [3.8, 4) is 0 Å². The summed E-state index contributed by atoms with van der Waals surface area (Å²) in [6, 6.07) is 0. The lowest BCUT2D eigenvalue weighted by atomic mass is 10.1. The number of fused-ring (bicyclic) bond motifs is 1. The van der Waals surface area contributed by atoms with E-state index >= 15 is 0 Å². The number of carbonyl (C=O) groups is 2. The molecule has 0 N–H and O–H groups in total. The van der Waals surface area contributed by atoms with Crippen LogP contribution in [-0.2, 0) is 4.79 Å². The largest absolute Gasteiger partial charge is 0.342 e. The van der Waals surface area contributed by atoms with Gasteiger partial charge in [0, 0.05) is 31.2 Å². The van der Waals surface area contributed by atoms with Crippen molar-refractivity contribution in [1.82, 2.24) is 19.8 Å². The summed E-state index contributed by atoms with van der Waals surface area (Å²) in [5, 5.41) is 0.942. The minimum Gasteiger partial charge on any atom is -0.342 e. The van der Waals surface area contributed by atoms with E-state index in [1.807, 2.05) is 34.6 Å². The molecule has 0 spiro atoms. The summed E-state index contributed by atoms with van der Waals surface area (Å²) in [6.07, 6.45) is 0. The average molecular weight is 348 g/mol. The van der Waals surface area contributed by atoms with Gasteiger partial charge in [-0.2, -0.15) is 0 Å². The Kier molecular flexibility index (Phi) is 5.54. The monoisotopic (exact) mass is 348 g/mol. The molecule has 0 saturated carbocycles. The highest BCUT2D eigenvalue weighted by Gasteiger charge is 2.23. The predicted molar refractivity (Wildman–Crippen MR) is 96.5 cm³/mol. The van der Waals surface area contributed by atoms with Crippen molar-refractivity contribution in [2.45, 2.75) is 34.6 Å². The molecule has 0 bridgehead atoms. The van der Waals surface area contributed by atoms with Crippen molar-refractivity contribution in [2.24, 2.45) is 0 Å². The summed E-state index contributed by atoms with van der Waals surface area (Å²) in [5.74, 6) is 0.514. The third-order valence-electron chi connectivity index (χ3n) is 4.11. The van der Waals surface area contributed by atoms with Crippen LogP contribution >= 0.6 is 11.3 Å². The lowest BCUT2D eigenvalue weighted by Crippen LogP contribution is -2.40. The van der Waals surface area contributed by atoms with Crippen LogP contribution in [0.3, 0.4) is 0 Å². The molecule has 0 aliphatic carbocycles. The van der Waals surface area contributed by atoms with Gasteiger partial charge < -0.3 is 9.80 Å². The molecule has 2 aromatic heterocycles. The van der Waals surface area contributed by atoms with Crippen LogP contribution in [0.1, 0.15) is 40.6 Å². The van der Waals surface area contributed by atoms with E-state index in [4.69, 9.17) is 0 Å². The van der Waals surface area contributed by atoms with Gasteiger partial charge in [0.05, 0.1) is 11.4 Å². The number of aryl methyl sites for hydroxylation is 3. The number of likely N-dealkylation sites (N-methyl/N-ethyl adjacent to an activating group) is 2. The van der Waals surface area contributed by atoms with Crippen LogP contribution in [0.4, 0.5) is 0 Å². The van der Waals surface area contributed by atoms with Gasteiger partial charge in [-0.3, -0.25) is 9.59 Å². The Labute approximate surface area is 146 Å². The Morgan fingerprint density at radius 1 is 1.08 bits per heavy atom. The number of amides is 2. The third-order valence-corrected chi connectivity index (χ3v) is 5.29. The average Bonchev–Trinajstić information content (AvgIpc) is 2.84. The number of carbonyl (C=O) groups excluding carboxylic acids is 2. The van der Waals surface area contributed by atoms with E-state index < -0.39 is 0 Å². The Hall–Kier alpha value is -2.02. The maximum atomic E-state index is 12.8. The SMILES string of the molecule is CCN(CC)C(=O)CN(C)C(=O)c1sc2nc(C)nc(C)c2c1C. The van der Waals surface area contributed by atoms with Crippen LogP contribution in [-0.4, -0.2) is 58.3 Å². The van der Waals surface area contributed by atoms with E-state index in [9.17, 15) is 9.59 Å². The molecule has 6 nitrogen and oxygen atoms in total. The Bertz CT molecular complexity index is 780.